The van der Waals surface area contributed by atoms with E-state index in [1.807, 2.05) is 39.8 Å². The number of esters is 1. The van der Waals surface area contributed by atoms with E-state index in [4.69, 9.17) is 9.84 Å². The van der Waals surface area contributed by atoms with E-state index in [1.165, 1.54) is 0 Å². The van der Waals surface area contributed by atoms with Crippen molar-refractivity contribution in [2.75, 3.05) is 0 Å². The Balaban J connectivity index is 1.67. The molecule has 4 aliphatic rings. The van der Waals surface area contributed by atoms with E-state index in [0.717, 1.165) is 36.7 Å². The van der Waals surface area contributed by atoms with Crippen LogP contribution in [0.4, 0.5) is 0 Å². The lowest BCUT2D eigenvalue weighted by atomic mass is 9.38. The third-order valence-corrected chi connectivity index (χ3v) is 12.0. The van der Waals surface area contributed by atoms with Gasteiger partial charge in [-0.15, -0.1) is 0 Å². The molecule has 3 N–H and O–H groups in total. The number of carbonyl (C=O) groups is 3. The minimum atomic E-state index is -1.22. The van der Waals surface area contributed by atoms with Crippen LogP contribution in [0.2, 0.25) is 0 Å². The highest BCUT2D eigenvalue weighted by molar-refractivity contribution is 5.90. The predicted molar refractivity (Wildman–Crippen MR) is 152 cm³/mol. The first-order valence-corrected chi connectivity index (χ1v) is 15.1. The van der Waals surface area contributed by atoms with Gasteiger partial charge >= 0.3 is 11.9 Å². The van der Waals surface area contributed by atoms with Gasteiger partial charge in [-0.1, -0.05) is 57.9 Å². The molecule has 0 aliphatic heterocycles. The maximum atomic E-state index is 13.3. The number of carboxylic acid groups (broad SMARTS) is 1. The average Bonchev–Trinajstić information content (AvgIpc) is 3.11. The summed E-state index contributed by atoms with van der Waals surface area (Å²) < 4.78 is 5.65. The van der Waals surface area contributed by atoms with Crippen molar-refractivity contribution in [2.24, 2.45) is 45.3 Å². The molecule has 0 aromatic rings. The Bertz CT molecular complexity index is 1090. The largest absolute Gasteiger partial charge is 0.481 e. The Hall–Kier alpha value is -1.99. The summed E-state index contributed by atoms with van der Waals surface area (Å²) in [5.74, 6) is -1.55. The number of aliphatic hydroxyl groups is 2. The minimum absolute atomic E-state index is 0.0554. The lowest BCUT2D eigenvalue weighted by Gasteiger charge is -2.66. The van der Waals surface area contributed by atoms with Crippen molar-refractivity contribution in [2.45, 2.75) is 118 Å². The molecular formula is C33H50O7. The van der Waals surface area contributed by atoms with Gasteiger partial charge in [0.05, 0.1) is 12.2 Å². The van der Waals surface area contributed by atoms with Crippen LogP contribution in [0.25, 0.3) is 0 Å². The second-order valence-corrected chi connectivity index (χ2v) is 14.7. The fourth-order valence-electron chi connectivity index (χ4n) is 10.1. The number of hydrogen-bond acceptors (Lipinski definition) is 6. The van der Waals surface area contributed by atoms with Gasteiger partial charge in [0.15, 0.2) is 0 Å². The molecule has 3 unspecified atom stereocenters. The van der Waals surface area contributed by atoms with Crippen LogP contribution in [0.15, 0.2) is 23.3 Å². The Kier molecular flexibility index (Phi) is 8.27. The highest BCUT2D eigenvalue weighted by atomic mass is 16.5. The van der Waals surface area contributed by atoms with Crippen LogP contribution < -0.4 is 0 Å². The summed E-state index contributed by atoms with van der Waals surface area (Å²) in [6.45, 7) is 14.9. The number of aliphatic hydroxyl groups excluding tert-OH is 2. The van der Waals surface area contributed by atoms with E-state index in [-0.39, 0.29) is 22.7 Å². The van der Waals surface area contributed by atoms with Crippen molar-refractivity contribution >= 4 is 18.2 Å². The predicted octanol–water partition coefficient (Wildman–Crippen LogP) is 5.48. The van der Waals surface area contributed by atoms with Crippen LogP contribution in [0.5, 0.6) is 0 Å². The third-order valence-electron chi connectivity index (χ3n) is 12.0. The molecule has 0 saturated heterocycles. The Morgan fingerprint density at radius 1 is 1.07 bits per heavy atom. The number of aldehydes is 1. The second-order valence-electron chi connectivity index (χ2n) is 14.7. The quantitative estimate of drug-likeness (QED) is 0.156. The van der Waals surface area contributed by atoms with Gasteiger partial charge < -0.3 is 24.9 Å². The first-order chi connectivity index (χ1) is 18.5. The lowest BCUT2D eigenvalue weighted by Crippen LogP contribution is -2.64. The van der Waals surface area contributed by atoms with Crippen molar-refractivity contribution in [3.05, 3.63) is 23.3 Å². The van der Waals surface area contributed by atoms with Crippen LogP contribution in [0.3, 0.4) is 0 Å². The van der Waals surface area contributed by atoms with Gasteiger partial charge in [0.2, 0.25) is 0 Å². The number of hydrogen-bond donors (Lipinski definition) is 3. The SMILES string of the molecule is CC(C)=CC(O)C[C@@H](C)[C@H]1CC[C@@]2(C)[C@@H]3C(O)C=C4[C@@H](CCC(OC(=O)CC(=O)O)C4(C)C)[C@]3(C=O)CC[C@]12C. The van der Waals surface area contributed by atoms with Crippen LogP contribution in [-0.4, -0.2) is 51.9 Å². The third kappa shape index (κ3) is 4.79. The van der Waals surface area contributed by atoms with Crippen LogP contribution in [-0.2, 0) is 19.1 Å². The van der Waals surface area contributed by atoms with E-state index in [2.05, 4.69) is 20.8 Å². The molecular weight excluding hydrogens is 508 g/mol. The van der Waals surface area contributed by atoms with E-state index < -0.39 is 47.5 Å². The van der Waals surface area contributed by atoms with Crippen molar-refractivity contribution in [1.82, 2.24) is 0 Å². The molecule has 224 valence electrons. The van der Waals surface area contributed by atoms with Gasteiger partial charge in [0, 0.05) is 16.7 Å². The maximum Gasteiger partial charge on any atom is 0.317 e. The minimum Gasteiger partial charge on any atom is -0.481 e. The Labute approximate surface area is 239 Å². The monoisotopic (exact) mass is 558 g/mol. The summed E-state index contributed by atoms with van der Waals surface area (Å²) in [5, 5.41) is 31.6. The van der Waals surface area contributed by atoms with E-state index in [1.54, 1.807) is 0 Å². The van der Waals surface area contributed by atoms with Gasteiger partial charge in [-0.05, 0) is 87.4 Å². The zero-order valence-corrected chi connectivity index (χ0v) is 25.4. The molecule has 4 rings (SSSR count). The van der Waals surface area contributed by atoms with Crippen LogP contribution >= 0.6 is 0 Å². The summed E-state index contributed by atoms with van der Waals surface area (Å²) in [4.78, 5) is 36.6. The zero-order valence-electron chi connectivity index (χ0n) is 25.4. The van der Waals surface area contributed by atoms with Gasteiger partial charge in [0.25, 0.3) is 0 Å². The number of rotatable bonds is 8. The smallest absolute Gasteiger partial charge is 0.317 e. The topological polar surface area (TPSA) is 121 Å². The van der Waals surface area contributed by atoms with Crippen molar-refractivity contribution in [3.8, 4) is 0 Å². The summed E-state index contributed by atoms with van der Waals surface area (Å²) in [7, 11) is 0. The van der Waals surface area contributed by atoms with Gasteiger partial charge in [-0.25, -0.2) is 0 Å². The number of ether oxygens (including phenoxy) is 1. The molecule has 4 aliphatic carbocycles. The number of allylic oxidation sites excluding steroid dienone is 1. The average molecular weight is 559 g/mol. The van der Waals surface area contributed by atoms with Crippen molar-refractivity contribution in [3.63, 3.8) is 0 Å². The molecule has 3 saturated carbocycles. The van der Waals surface area contributed by atoms with Crippen molar-refractivity contribution in [1.29, 1.82) is 0 Å². The van der Waals surface area contributed by atoms with Crippen LogP contribution in [0, 0.1) is 45.3 Å². The number of carboxylic acids is 1. The summed E-state index contributed by atoms with van der Waals surface area (Å²) in [5.41, 5.74) is 0.419. The summed E-state index contributed by atoms with van der Waals surface area (Å²) >= 11 is 0. The number of carbonyl (C=O) groups excluding carboxylic acids is 2. The zero-order chi connectivity index (χ0) is 29.8. The molecule has 0 aromatic heterocycles. The highest BCUT2D eigenvalue weighted by Gasteiger charge is 2.70. The van der Waals surface area contributed by atoms with Gasteiger partial charge in [-0.2, -0.15) is 0 Å². The number of aliphatic carboxylic acids is 1. The molecule has 3 fully saturated rings. The van der Waals surface area contributed by atoms with E-state index >= 15 is 0 Å². The Morgan fingerprint density at radius 2 is 1.75 bits per heavy atom. The summed E-state index contributed by atoms with van der Waals surface area (Å²) in [6, 6.07) is 0. The molecule has 0 heterocycles. The Morgan fingerprint density at radius 3 is 2.35 bits per heavy atom. The number of fused-ring (bicyclic) bond motifs is 5. The van der Waals surface area contributed by atoms with Crippen LogP contribution in [0.1, 0.15) is 99.8 Å². The summed E-state index contributed by atoms with van der Waals surface area (Å²) in [6.07, 6.45) is 8.00. The fourth-order valence-corrected chi connectivity index (χ4v) is 10.1. The second kappa shape index (κ2) is 10.7. The first kappa shape index (κ1) is 31.0. The molecule has 7 heteroatoms. The molecule has 0 spiro atoms. The fraction of sp³-hybridized carbons (Fsp3) is 0.788. The maximum absolute atomic E-state index is 13.3. The highest BCUT2D eigenvalue weighted by Crippen LogP contribution is 2.74. The molecule has 0 aromatic carbocycles. The van der Waals surface area contributed by atoms with E-state index in [9.17, 15) is 24.6 Å². The van der Waals surface area contributed by atoms with Gasteiger partial charge in [0.1, 0.15) is 18.8 Å². The molecule has 40 heavy (non-hydrogen) atoms. The molecule has 0 bridgehead atoms. The molecule has 10 atom stereocenters. The lowest BCUT2D eigenvalue weighted by molar-refractivity contribution is -0.186. The standard InChI is InChI=1S/C33H50O7/c1-19(2)14-21(35)15-20(3)22-10-11-32(7)29-25(36)16-24-23(33(29,18-34)13-12-31(22,32)6)8-9-26(30(24,4)5)40-28(39)17-27(37)38/h14,16,18,20-23,25-26,29,35-36H,8-13,15,17H2,1-7H3,(H,37,38)/t20-,21?,22-,23-,25?,26?,29+,31-,32+,33-/m1/s1. The molecule has 0 radical (unpaired) electrons. The van der Waals surface area contributed by atoms with E-state index in [0.29, 0.717) is 37.5 Å². The molecule has 7 nitrogen and oxygen atoms in total. The molecule has 0 amide bonds. The normalized spacial score (nSPS) is 41.3. The van der Waals surface area contributed by atoms with Crippen molar-refractivity contribution < 1.29 is 34.4 Å². The first-order valence-electron chi connectivity index (χ1n) is 15.1. The van der Waals surface area contributed by atoms with Gasteiger partial charge in [-0.3, -0.25) is 9.59 Å².